The van der Waals surface area contributed by atoms with Crippen molar-refractivity contribution in [1.82, 2.24) is 25.4 Å². The van der Waals surface area contributed by atoms with E-state index in [0.717, 1.165) is 0 Å². The number of nitrogens with zero attached hydrogens (tertiary/aromatic N) is 4. The zero-order chi connectivity index (χ0) is 18.7. The van der Waals surface area contributed by atoms with Gasteiger partial charge in [-0.25, -0.2) is 0 Å². The summed E-state index contributed by atoms with van der Waals surface area (Å²) in [4.78, 5) is 8.58. The van der Waals surface area contributed by atoms with Crippen molar-refractivity contribution in [3.63, 3.8) is 0 Å². The van der Waals surface area contributed by atoms with E-state index < -0.39 is 0 Å². The number of aliphatic hydroxyl groups excluding tert-OH is 1. The molecule has 10 nitrogen and oxygen atoms in total. The number of hydrogen-bond acceptors (Lipinski definition) is 9. The number of aromatic nitrogens is 5. The van der Waals surface area contributed by atoms with Crippen molar-refractivity contribution >= 4 is 34.5 Å². The number of aliphatic hydroxyl groups is 1. The van der Waals surface area contributed by atoms with E-state index in [2.05, 4.69) is 36.0 Å². The Labute approximate surface area is 153 Å². The topological polar surface area (TPSA) is 152 Å². The Morgan fingerprint density at radius 3 is 2.58 bits per heavy atom. The molecule has 0 aliphatic heterocycles. The van der Waals surface area contributed by atoms with Crippen molar-refractivity contribution in [3.8, 4) is 11.5 Å². The molecule has 0 spiro atoms. The van der Waals surface area contributed by atoms with Crippen molar-refractivity contribution in [3.05, 3.63) is 22.7 Å². The second kappa shape index (κ2) is 7.58. The van der Waals surface area contributed by atoms with E-state index in [-0.39, 0.29) is 47.2 Å². The molecule has 0 fully saturated rings. The molecule has 0 aliphatic carbocycles. The van der Waals surface area contributed by atoms with Crippen LogP contribution < -0.4 is 10.6 Å². The van der Waals surface area contributed by atoms with Gasteiger partial charge in [-0.15, -0.1) is 5.10 Å². The van der Waals surface area contributed by atoms with Crippen LogP contribution >= 0.6 is 11.6 Å². The van der Waals surface area contributed by atoms with Crippen LogP contribution in [0.3, 0.4) is 0 Å². The first-order valence-corrected chi connectivity index (χ1v) is 8.29. The number of benzene rings is 1. The Morgan fingerprint density at radius 2 is 1.92 bits per heavy atom. The number of fused-ring (bicyclic) bond motifs is 1. The van der Waals surface area contributed by atoms with Gasteiger partial charge in [-0.05, 0) is 18.6 Å². The highest BCUT2D eigenvalue weighted by atomic mass is 35.5. The number of nitrogens with one attached hydrogen (secondary N) is 3. The summed E-state index contributed by atoms with van der Waals surface area (Å²) in [5.41, 5.74) is 1.00. The van der Waals surface area contributed by atoms with Gasteiger partial charge in [-0.1, -0.05) is 18.5 Å². The lowest BCUT2D eigenvalue weighted by atomic mass is 10.1. The fourth-order valence-corrected chi connectivity index (χ4v) is 2.56. The summed E-state index contributed by atoms with van der Waals surface area (Å²) in [6, 6.07) is 2.48. The fourth-order valence-electron chi connectivity index (χ4n) is 2.36. The third kappa shape index (κ3) is 3.70. The third-order valence-electron chi connectivity index (χ3n) is 3.83. The van der Waals surface area contributed by atoms with Gasteiger partial charge in [-0.2, -0.15) is 20.3 Å². The standard InChI is InChI=1S/C15H18ClN7O3/c1-2-8(6-24)18-15-19-13(12-14(20-15)22-23-21-12)17-5-9-10(25)3-7(16)4-11(9)26/h3-4,8,24-26H,2,5-6H2,1H3,(H3,17,18,19,20,21,22,23). The van der Waals surface area contributed by atoms with E-state index in [0.29, 0.717) is 23.4 Å². The molecular weight excluding hydrogens is 362 g/mol. The first-order chi connectivity index (χ1) is 12.5. The lowest BCUT2D eigenvalue weighted by Crippen LogP contribution is -2.24. The largest absolute Gasteiger partial charge is 0.507 e. The second-order valence-corrected chi connectivity index (χ2v) is 6.04. The molecule has 0 bridgehead atoms. The van der Waals surface area contributed by atoms with E-state index in [4.69, 9.17) is 11.6 Å². The van der Waals surface area contributed by atoms with Crippen molar-refractivity contribution in [2.45, 2.75) is 25.9 Å². The van der Waals surface area contributed by atoms with E-state index in [9.17, 15) is 15.3 Å². The first kappa shape index (κ1) is 18.0. The monoisotopic (exact) mass is 379 g/mol. The molecule has 0 saturated carbocycles. The summed E-state index contributed by atoms with van der Waals surface area (Å²) in [7, 11) is 0. The van der Waals surface area contributed by atoms with Gasteiger partial charge in [-0.3, -0.25) is 0 Å². The molecule has 0 saturated heterocycles. The van der Waals surface area contributed by atoms with Gasteiger partial charge in [0, 0.05) is 11.6 Å². The number of aromatic hydroxyl groups is 2. The lowest BCUT2D eigenvalue weighted by Gasteiger charge is -2.15. The fraction of sp³-hybridized carbons (Fsp3) is 0.333. The quantitative estimate of drug-likeness (QED) is 0.359. The van der Waals surface area contributed by atoms with Gasteiger partial charge in [0.25, 0.3) is 0 Å². The van der Waals surface area contributed by atoms with Crippen LogP contribution in [-0.4, -0.2) is 53.3 Å². The van der Waals surface area contributed by atoms with E-state index in [1.807, 2.05) is 6.92 Å². The highest BCUT2D eigenvalue weighted by molar-refractivity contribution is 6.30. The Hall–Kier alpha value is -2.85. The summed E-state index contributed by atoms with van der Waals surface area (Å²) >= 11 is 5.79. The molecule has 2 aromatic heterocycles. The number of anilines is 2. The minimum atomic E-state index is -0.198. The van der Waals surface area contributed by atoms with Gasteiger partial charge in [0.2, 0.25) is 11.6 Å². The van der Waals surface area contributed by atoms with Gasteiger partial charge in [0.05, 0.1) is 18.2 Å². The summed E-state index contributed by atoms with van der Waals surface area (Å²) in [6.07, 6.45) is 0.687. The van der Waals surface area contributed by atoms with Crippen molar-refractivity contribution in [1.29, 1.82) is 0 Å². The van der Waals surface area contributed by atoms with Gasteiger partial charge in [0.1, 0.15) is 11.5 Å². The van der Waals surface area contributed by atoms with Crippen molar-refractivity contribution in [2.75, 3.05) is 17.2 Å². The van der Waals surface area contributed by atoms with Crippen molar-refractivity contribution in [2.24, 2.45) is 0 Å². The Bertz CT molecular complexity index is 890. The van der Waals surface area contributed by atoms with Crippen LogP contribution in [0.1, 0.15) is 18.9 Å². The molecule has 1 unspecified atom stereocenters. The Kier molecular flexibility index (Phi) is 5.24. The van der Waals surface area contributed by atoms with Crippen LogP contribution in [0, 0.1) is 0 Å². The number of H-pyrrole nitrogens is 1. The van der Waals surface area contributed by atoms with Gasteiger partial charge < -0.3 is 26.0 Å². The maximum absolute atomic E-state index is 9.97. The van der Waals surface area contributed by atoms with Crippen LogP contribution in [0.4, 0.5) is 11.8 Å². The zero-order valence-electron chi connectivity index (χ0n) is 13.9. The number of phenolic OH excluding ortho intramolecular Hbond substituents is 2. The average Bonchev–Trinajstić information content (AvgIpc) is 3.07. The van der Waals surface area contributed by atoms with E-state index in [1.54, 1.807) is 0 Å². The molecule has 6 N–H and O–H groups in total. The zero-order valence-corrected chi connectivity index (χ0v) is 14.6. The molecule has 1 atom stereocenters. The highest BCUT2D eigenvalue weighted by Crippen LogP contribution is 2.32. The number of phenols is 2. The molecule has 3 rings (SSSR count). The predicted octanol–water partition coefficient (Wildman–Crippen LogP) is 1.61. The molecule has 0 amide bonds. The third-order valence-corrected chi connectivity index (χ3v) is 4.05. The Balaban J connectivity index is 1.88. The second-order valence-electron chi connectivity index (χ2n) is 5.60. The maximum atomic E-state index is 9.97. The molecule has 11 heteroatoms. The lowest BCUT2D eigenvalue weighted by molar-refractivity contribution is 0.271. The van der Waals surface area contributed by atoms with Crippen LogP contribution in [-0.2, 0) is 6.54 Å². The van der Waals surface area contributed by atoms with E-state index >= 15 is 0 Å². The number of rotatable bonds is 7. The number of hydrogen-bond donors (Lipinski definition) is 6. The normalized spacial score (nSPS) is 12.3. The minimum Gasteiger partial charge on any atom is -0.507 e. The predicted molar refractivity (Wildman–Crippen MR) is 96.4 cm³/mol. The minimum absolute atomic E-state index is 0.0635. The molecule has 0 aliphatic rings. The van der Waals surface area contributed by atoms with Crippen molar-refractivity contribution < 1.29 is 15.3 Å². The molecule has 3 aromatic rings. The Morgan fingerprint density at radius 1 is 1.19 bits per heavy atom. The van der Waals surface area contributed by atoms with Gasteiger partial charge in [0.15, 0.2) is 11.3 Å². The number of aromatic amines is 1. The smallest absolute Gasteiger partial charge is 0.227 e. The van der Waals surface area contributed by atoms with Crippen LogP contribution in [0.15, 0.2) is 12.1 Å². The van der Waals surface area contributed by atoms with Crippen LogP contribution in [0.2, 0.25) is 5.02 Å². The van der Waals surface area contributed by atoms with Crippen LogP contribution in [0.25, 0.3) is 11.2 Å². The summed E-state index contributed by atoms with van der Waals surface area (Å²) in [5, 5.41) is 46.0. The first-order valence-electron chi connectivity index (χ1n) is 7.92. The van der Waals surface area contributed by atoms with Gasteiger partial charge >= 0.3 is 0 Å². The summed E-state index contributed by atoms with van der Waals surface area (Å²) < 4.78 is 0. The summed E-state index contributed by atoms with van der Waals surface area (Å²) in [5.74, 6) is 0.349. The molecular formula is C15H18ClN7O3. The molecule has 0 radical (unpaired) electrons. The molecule has 2 heterocycles. The maximum Gasteiger partial charge on any atom is 0.227 e. The highest BCUT2D eigenvalue weighted by Gasteiger charge is 2.15. The molecule has 138 valence electrons. The van der Waals surface area contributed by atoms with Crippen LogP contribution in [0.5, 0.6) is 11.5 Å². The average molecular weight is 380 g/mol. The summed E-state index contributed by atoms with van der Waals surface area (Å²) in [6.45, 7) is 1.93. The van der Waals surface area contributed by atoms with E-state index in [1.165, 1.54) is 12.1 Å². The SMILES string of the molecule is CCC(CO)Nc1nc(NCc2c(O)cc(Cl)cc2O)c2n[nH]nc2n1. The molecule has 26 heavy (non-hydrogen) atoms. The number of halogens is 1. The molecule has 1 aromatic carbocycles.